The van der Waals surface area contributed by atoms with Crippen molar-refractivity contribution in [2.45, 2.75) is 11.3 Å². The molecule has 1 aliphatic rings. The van der Waals surface area contributed by atoms with E-state index in [1.807, 2.05) is 36.4 Å². The number of fused-ring (bicyclic) bond motifs is 1. The first-order chi connectivity index (χ1) is 14.5. The average Bonchev–Trinajstić information content (AvgIpc) is 2.96. The van der Waals surface area contributed by atoms with Crippen molar-refractivity contribution >= 4 is 57.2 Å². The first-order valence-corrected chi connectivity index (χ1v) is 12.8. The van der Waals surface area contributed by atoms with Crippen LogP contribution in [0.1, 0.15) is 6.42 Å². The van der Waals surface area contributed by atoms with Gasteiger partial charge in [0.25, 0.3) is 0 Å². The number of halogens is 1. The summed E-state index contributed by atoms with van der Waals surface area (Å²) in [5, 5.41) is 6.50. The summed E-state index contributed by atoms with van der Waals surface area (Å²) in [4.78, 5) is 5.61. The number of rotatable bonds is 8. The van der Waals surface area contributed by atoms with E-state index in [0.717, 1.165) is 23.6 Å². The number of ether oxygens (including phenoxy) is 2. The van der Waals surface area contributed by atoms with Crippen LogP contribution in [0.4, 0.5) is 5.69 Å². The van der Waals surface area contributed by atoms with E-state index in [4.69, 9.17) is 9.47 Å². The highest BCUT2D eigenvalue weighted by atomic mass is 127. The van der Waals surface area contributed by atoms with Crippen molar-refractivity contribution in [1.82, 2.24) is 5.32 Å². The maximum Gasteiger partial charge on any atom is 0.195 e. The number of guanidine groups is 1. The summed E-state index contributed by atoms with van der Waals surface area (Å²) >= 11 is 1.74. The fourth-order valence-electron chi connectivity index (χ4n) is 2.70. The quantitative estimate of drug-likeness (QED) is 0.163. The summed E-state index contributed by atoms with van der Waals surface area (Å²) in [6.07, 6.45) is 2.06. The average molecular weight is 578 g/mol. The summed E-state index contributed by atoms with van der Waals surface area (Å²) < 4.78 is 34.3. The molecule has 2 aromatic rings. The van der Waals surface area contributed by atoms with E-state index in [-0.39, 0.29) is 36.3 Å². The van der Waals surface area contributed by atoms with Gasteiger partial charge in [-0.15, -0.1) is 35.7 Å². The van der Waals surface area contributed by atoms with Crippen LogP contribution in [0, 0.1) is 0 Å². The molecule has 0 bridgehead atoms. The minimum Gasteiger partial charge on any atom is -0.490 e. The largest absolute Gasteiger partial charge is 0.490 e. The van der Waals surface area contributed by atoms with Crippen LogP contribution in [0.3, 0.4) is 0 Å². The fourth-order valence-corrected chi connectivity index (χ4v) is 3.91. The first kappa shape index (κ1) is 25.6. The van der Waals surface area contributed by atoms with E-state index in [0.29, 0.717) is 31.5 Å². The van der Waals surface area contributed by atoms with Crippen molar-refractivity contribution in [2.24, 2.45) is 4.99 Å². The molecule has 170 valence electrons. The van der Waals surface area contributed by atoms with Crippen molar-refractivity contribution in [3.8, 4) is 11.5 Å². The Labute approximate surface area is 205 Å². The van der Waals surface area contributed by atoms with E-state index in [1.165, 1.54) is 11.2 Å². The van der Waals surface area contributed by atoms with Gasteiger partial charge in [-0.1, -0.05) is 18.2 Å². The Kier molecular flexibility index (Phi) is 10.7. The van der Waals surface area contributed by atoms with Gasteiger partial charge in [-0.2, -0.15) is 0 Å². The van der Waals surface area contributed by atoms with Gasteiger partial charge in [0.2, 0.25) is 0 Å². The number of hydrogen-bond acceptors (Lipinski definition) is 6. The Hall–Kier alpha value is -1.66. The van der Waals surface area contributed by atoms with Crippen LogP contribution in [-0.4, -0.2) is 58.4 Å². The van der Waals surface area contributed by atoms with Gasteiger partial charge < -0.3 is 20.1 Å². The second kappa shape index (κ2) is 13.0. The number of aliphatic imine (C=N–C) groups is 1. The normalized spacial score (nSPS) is 13.6. The van der Waals surface area contributed by atoms with Crippen molar-refractivity contribution in [3.63, 3.8) is 0 Å². The minimum atomic E-state index is -3.07. The molecule has 0 saturated carbocycles. The number of anilines is 1. The lowest BCUT2D eigenvalue weighted by molar-refractivity contribution is 0.297. The Morgan fingerprint density at radius 2 is 1.84 bits per heavy atom. The number of benzene rings is 2. The lowest BCUT2D eigenvalue weighted by atomic mass is 10.3. The van der Waals surface area contributed by atoms with Gasteiger partial charge in [0.05, 0.1) is 25.5 Å². The lowest BCUT2D eigenvalue weighted by Gasteiger charge is -2.14. The SMILES string of the molecule is CS(=O)(=O)CCN=C(NCCSc1ccccc1)Nc1ccc2c(c1)OCCCO2.I. The van der Waals surface area contributed by atoms with E-state index in [9.17, 15) is 8.42 Å². The Morgan fingerprint density at radius 3 is 2.58 bits per heavy atom. The monoisotopic (exact) mass is 577 g/mol. The second-order valence-corrected chi connectivity index (χ2v) is 10.2. The summed E-state index contributed by atoms with van der Waals surface area (Å²) in [6.45, 7) is 2.11. The van der Waals surface area contributed by atoms with Gasteiger partial charge in [0.1, 0.15) is 9.84 Å². The van der Waals surface area contributed by atoms with Crippen molar-refractivity contribution in [3.05, 3.63) is 48.5 Å². The molecule has 1 aliphatic heterocycles. The standard InChI is InChI=1S/C21H27N3O4S2.HI/c1-30(25,26)15-11-23-21(22-10-14-29-18-6-3-2-4-7-18)24-17-8-9-19-20(16-17)28-13-5-12-27-19;/h2-4,6-9,16H,5,10-15H2,1H3,(H2,22,23,24);1H. The minimum absolute atomic E-state index is 0. The van der Waals surface area contributed by atoms with Crippen molar-refractivity contribution in [2.75, 3.05) is 49.4 Å². The highest BCUT2D eigenvalue weighted by Crippen LogP contribution is 2.32. The zero-order chi connectivity index (χ0) is 21.2. The van der Waals surface area contributed by atoms with Crippen LogP contribution < -0.4 is 20.1 Å². The van der Waals surface area contributed by atoms with Crippen LogP contribution in [0.25, 0.3) is 0 Å². The molecule has 0 fully saturated rings. The highest BCUT2D eigenvalue weighted by molar-refractivity contribution is 14.0. The number of sulfone groups is 1. The third-order valence-corrected chi connectivity index (χ3v) is 6.09. The summed E-state index contributed by atoms with van der Waals surface area (Å²) in [7, 11) is -3.07. The summed E-state index contributed by atoms with van der Waals surface area (Å²) in [5.74, 6) is 2.78. The lowest BCUT2D eigenvalue weighted by Crippen LogP contribution is -2.33. The number of hydrogen-bond donors (Lipinski definition) is 2. The van der Waals surface area contributed by atoms with Gasteiger partial charge in [-0.25, -0.2) is 8.42 Å². The Bertz CT molecular complexity index is 956. The molecule has 7 nitrogen and oxygen atoms in total. The molecule has 0 aromatic heterocycles. The van der Waals surface area contributed by atoms with E-state index < -0.39 is 9.84 Å². The number of nitrogens with zero attached hydrogens (tertiary/aromatic N) is 1. The van der Waals surface area contributed by atoms with Gasteiger partial charge in [-0.05, 0) is 24.3 Å². The molecule has 1 heterocycles. The summed E-state index contributed by atoms with van der Waals surface area (Å²) in [6, 6.07) is 15.8. The van der Waals surface area contributed by atoms with E-state index in [1.54, 1.807) is 11.8 Å². The van der Waals surface area contributed by atoms with Crippen LogP contribution in [0.2, 0.25) is 0 Å². The van der Waals surface area contributed by atoms with Crippen molar-refractivity contribution in [1.29, 1.82) is 0 Å². The Balaban J connectivity index is 0.00000341. The molecule has 2 N–H and O–H groups in total. The maximum absolute atomic E-state index is 11.4. The smallest absolute Gasteiger partial charge is 0.195 e. The predicted molar refractivity (Wildman–Crippen MR) is 138 cm³/mol. The molecule has 0 aliphatic carbocycles. The molecule has 0 unspecified atom stereocenters. The molecular weight excluding hydrogens is 549 g/mol. The first-order valence-electron chi connectivity index (χ1n) is 9.80. The number of nitrogens with one attached hydrogen (secondary N) is 2. The molecule has 0 spiro atoms. The fraction of sp³-hybridized carbons (Fsp3) is 0.381. The molecule has 0 saturated heterocycles. The molecule has 3 rings (SSSR count). The van der Waals surface area contributed by atoms with Crippen LogP contribution in [0.15, 0.2) is 58.4 Å². The van der Waals surface area contributed by atoms with E-state index in [2.05, 4.69) is 27.8 Å². The predicted octanol–water partition coefficient (Wildman–Crippen LogP) is 3.66. The molecular formula is C21H28IN3O4S2. The summed E-state index contributed by atoms with van der Waals surface area (Å²) in [5.41, 5.74) is 0.792. The molecule has 2 aromatic carbocycles. The van der Waals surface area contributed by atoms with Crippen LogP contribution >= 0.6 is 35.7 Å². The van der Waals surface area contributed by atoms with Gasteiger partial charge in [-0.3, -0.25) is 4.99 Å². The van der Waals surface area contributed by atoms with Crippen molar-refractivity contribution < 1.29 is 17.9 Å². The molecule has 10 heteroatoms. The highest BCUT2D eigenvalue weighted by Gasteiger charge is 2.11. The van der Waals surface area contributed by atoms with Gasteiger partial charge in [0.15, 0.2) is 17.5 Å². The molecule has 31 heavy (non-hydrogen) atoms. The third kappa shape index (κ3) is 9.56. The molecule has 0 atom stereocenters. The molecule has 0 amide bonds. The molecule has 0 radical (unpaired) electrons. The van der Waals surface area contributed by atoms with E-state index >= 15 is 0 Å². The van der Waals surface area contributed by atoms with Gasteiger partial charge in [0, 0.05) is 41.6 Å². The van der Waals surface area contributed by atoms with Crippen LogP contribution in [-0.2, 0) is 9.84 Å². The van der Waals surface area contributed by atoms with Gasteiger partial charge >= 0.3 is 0 Å². The zero-order valence-corrected chi connectivity index (χ0v) is 21.3. The second-order valence-electron chi connectivity index (χ2n) is 6.79. The van der Waals surface area contributed by atoms with Crippen LogP contribution in [0.5, 0.6) is 11.5 Å². The number of thioether (sulfide) groups is 1. The zero-order valence-electron chi connectivity index (χ0n) is 17.4. The topological polar surface area (TPSA) is 89.0 Å². The maximum atomic E-state index is 11.4. The Morgan fingerprint density at radius 1 is 1.10 bits per heavy atom. The third-order valence-electron chi connectivity index (χ3n) is 4.15.